The summed E-state index contributed by atoms with van der Waals surface area (Å²) < 4.78 is 0. The van der Waals surface area contributed by atoms with Crippen LogP contribution in [0.25, 0.3) is 43.8 Å². The molecule has 138 valence electrons. The topological polar surface area (TPSA) is 100 Å². The lowest BCUT2D eigenvalue weighted by Crippen LogP contribution is -2.14. The van der Waals surface area contributed by atoms with Crippen molar-refractivity contribution in [2.75, 3.05) is 5.73 Å². The summed E-state index contributed by atoms with van der Waals surface area (Å²) in [6.45, 7) is 2.08. The predicted molar refractivity (Wildman–Crippen MR) is 114 cm³/mol. The lowest BCUT2D eigenvalue weighted by Gasteiger charge is -2.15. The van der Waals surface area contributed by atoms with Gasteiger partial charge >= 0.3 is 0 Å². The summed E-state index contributed by atoms with van der Waals surface area (Å²) in [7, 11) is 0. The minimum Gasteiger partial charge on any atom is -0.394 e. The molecule has 28 heavy (non-hydrogen) atoms. The number of hydrogen-bond acceptors (Lipinski definition) is 4. The van der Waals surface area contributed by atoms with Gasteiger partial charge in [-0.15, -0.1) is 0 Å². The molecule has 0 unspecified atom stereocenters. The molecule has 0 amide bonds. The van der Waals surface area contributed by atoms with E-state index >= 15 is 0 Å². The number of nitrogens with two attached hydrogens (primary N) is 1. The average molecular weight is 390 g/mol. The summed E-state index contributed by atoms with van der Waals surface area (Å²) in [6.07, 6.45) is 4.27. The van der Waals surface area contributed by atoms with Crippen LogP contribution in [0.3, 0.4) is 0 Å². The highest BCUT2D eigenvalue weighted by Crippen LogP contribution is 2.39. The fourth-order valence-electron chi connectivity index (χ4n) is 3.87. The van der Waals surface area contributed by atoms with Crippen LogP contribution in [0.4, 0.5) is 5.69 Å². The van der Waals surface area contributed by atoms with E-state index < -0.39 is 0 Å². The lowest BCUT2D eigenvalue weighted by molar-refractivity contribution is 1.12. The van der Waals surface area contributed by atoms with Crippen molar-refractivity contribution in [1.82, 2.24) is 20.2 Å². The van der Waals surface area contributed by atoms with Crippen LogP contribution in [0.15, 0.2) is 47.5 Å². The second kappa shape index (κ2) is 6.07. The zero-order valence-electron chi connectivity index (χ0n) is 15.0. The first-order chi connectivity index (χ1) is 13.6. The van der Waals surface area contributed by atoms with Gasteiger partial charge in [0.1, 0.15) is 5.69 Å². The van der Waals surface area contributed by atoms with Gasteiger partial charge in [-0.05, 0) is 41.8 Å². The highest BCUT2D eigenvalue weighted by Gasteiger charge is 2.19. The molecule has 0 radical (unpaired) electrons. The summed E-state index contributed by atoms with van der Waals surface area (Å²) in [5, 5.41) is 10.2. The minimum absolute atomic E-state index is 0.169. The molecule has 7 heteroatoms. The van der Waals surface area contributed by atoms with Gasteiger partial charge in [0.2, 0.25) is 0 Å². The number of anilines is 1. The summed E-state index contributed by atoms with van der Waals surface area (Å²) in [5.74, 6) is 0. The summed E-state index contributed by atoms with van der Waals surface area (Å²) in [4.78, 5) is 20.2. The molecule has 0 saturated carbocycles. The quantitative estimate of drug-likeness (QED) is 0.389. The number of hydrogen-bond donors (Lipinski definition) is 3. The Balaban J connectivity index is 2.03. The van der Waals surface area contributed by atoms with E-state index in [4.69, 9.17) is 17.3 Å². The van der Waals surface area contributed by atoms with Gasteiger partial charge in [-0.3, -0.25) is 14.9 Å². The van der Waals surface area contributed by atoms with Crippen LogP contribution < -0.4 is 11.3 Å². The van der Waals surface area contributed by atoms with Crippen LogP contribution in [0.1, 0.15) is 12.5 Å². The van der Waals surface area contributed by atoms with Gasteiger partial charge in [0, 0.05) is 27.9 Å². The first-order valence-corrected chi connectivity index (χ1v) is 9.32. The van der Waals surface area contributed by atoms with Crippen molar-refractivity contribution in [2.24, 2.45) is 0 Å². The van der Waals surface area contributed by atoms with Gasteiger partial charge in [-0.25, -0.2) is 0 Å². The minimum atomic E-state index is -0.330. The molecule has 0 aliphatic carbocycles. The Kier molecular flexibility index (Phi) is 3.64. The zero-order chi connectivity index (χ0) is 19.4. The van der Waals surface area contributed by atoms with E-state index in [9.17, 15) is 4.79 Å². The molecule has 0 aliphatic rings. The molecule has 0 bridgehead atoms. The number of halogens is 1. The number of H-pyrrole nitrogens is 2. The molecule has 0 fully saturated rings. The molecule has 5 rings (SSSR count). The largest absolute Gasteiger partial charge is 0.394 e. The average Bonchev–Trinajstić information content (AvgIpc) is 3.21. The summed E-state index contributed by atoms with van der Waals surface area (Å²) >= 11 is 6.29. The van der Waals surface area contributed by atoms with Gasteiger partial charge in [-0.2, -0.15) is 5.10 Å². The van der Waals surface area contributed by atoms with Crippen molar-refractivity contribution in [3.63, 3.8) is 0 Å². The fourth-order valence-corrected chi connectivity index (χ4v) is 4.08. The molecule has 4 N–H and O–H groups in total. The normalized spacial score (nSPS) is 11.6. The van der Waals surface area contributed by atoms with Crippen molar-refractivity contribution in [1.29, 1.82) is 0 Å². The Morgan fingerprint density at radius 3 is 2.82 bits per heavy atom. The highest BCUT2D eigenvalue weighted by atomic mass is 35.5. The molecule has 0 spiro atoms. The molecule has 0 aliphatic heterocycles. The van der Waals surface area contributed by atoms with Gasteiger partial charge in [0.05, 0.1) is 27.8 Å². The third-order valence-corrected chi connectivity index (χ3v) is 5.52. The molecular weight excluding hydrogens is 374 g/mol. The Morgan fingerprint density at radius 2 is 2.00 bits per heavy atom. The number of benzene rings is 2. The third-order valence-electron chi connectivity index (χ3n) is 5.21. The van der Waals surface area contributed by atoms with Crippen LogP contribution >= 0.6 is 11.6 Å². The predicted octanol–water partition coefficient (Wildman–Crippen LogP) is 4.42. The monoisotopic (exact) mass is 389 g/mol. The highest BCUT2D eigenvalue weighted by molar-refractivity contribution is 6.35. The van der Waals surface area contributed by atoms with E-state index in [1.807, 2.05) is 18.2 Å². The number of pyridine rings is 2. The number of nitrogen functional groups attached to an aromatic ring is 1. The fraction of sp³-hybridized carbons (Fsp3) is 0.0952. The maximum Gasteiger partial charge on any atom is 0.272 e. The summed E-state index contributed by atoms with van der Waals surface area (Å²) in [5.41, 5.74) is 11.0. The molecule has 6 nitrogen and oxygen atoms in total. The molecule has 0 atom stereocenters. The van der Waals surface area contributed by atoms with Crippen LogP contribution in [-0.4, -0.2) is 20.2 Å². The van der Waals surface area contributed by atoms with Crippen LogP contribution in [0.2, 0.25) is 5.02 Å². The number of nitrogens with zero attached hydrogens (tertiary/aromatic N) is 2. The van der Waals surface area contributed by atoms with E-state index in [1.165, 1.54) is 0 Å². The van der Waals surface area contributed by atoms with Crippen molar-refractivity contribution >= 4 is 50.0 Å². The van der Waals surface area contributed by atoms with Gasteiger partial charge in [0.15, 0.2) is 0 Å². The molecule has 2 aromatic carbocycles. The zero-order valence-corrected chi connectivity index (χ0v) is 15.8. The standard InChI is InChI=1S/C21H16ClN5O/c1-2-10-8-13-16(11-5-6-15(22)20-14(11)9-25-27-20)17(23)21(28)26-19(13)12-4-3-7-24-18(10)12/h3-9H,2,23H2,1H3,(H,25,27)(H,26,28). The number of rotatable bonds is 2. The van der Waals surface area contributed by atoms with E-state index in [0.717, 1.165) is 44.7 Å². The Labute approximate surface area is 164 Å². The Hall–Kier alpha value is -3.38. The Morgan fingerprint density at radius 1 is 1.14 bits per heavy atom. The van der Waals surface area contributed by atoms with Crippen molar-refractivity contribution < 1.29 is 0 Å². The lowest BCUT2D eigenvalue weighted by atomic mass is 9.93. The maximum atomic E-state index is 12.7. The second-order valence-electron chi connectivity index (χ2n) is 6.71. The van der Waals surface area contributed by atoms with Crippen LogP contribution in [0, 0.1) is 0 Å². The second-order valence-corrected chi connectivity index (χ2v) is 7.11. The number of aryl methyl sites for hydroxylation is 1. The molecule has 5 aromatic rings. The SMILES string of the molecule is CCc1cc2c(-c3ccc(Cl)c4[nH]ncc34)c(N)c(=O)[nH]c2c2cccnc12. The molecule has 3 heterocycles. The van der Waals surface area contributed by atoms with Gasteiger partial charge in [-0.1, -0.05) is 24.6 Å². The van der Waals surface area contributed by atoms with E-state index in [1.54, 1.807) is 18.5 Å². The molecule has 0 saturated heterocycles. The van der Waals surface area contributed by atoms with Crippen LogP contribution in [-0.2, 0) is 6.42 Å². The molecule has 3 aromatic heterocycles. The number of nitrogens with one attached hydrogen (secondary N) is 2. The molecular formula is C21H16ClN5O. The number of aromatic amines is 2. The first kappa shape index (κ1) is 16.8. The van der Waals surface area contributed by atoms with Crippen molar-refractivity contribution in [3.8, 4) is 11.1 Å². The number of aromatic nitrogens is 4. The number of fused-ring (bicyclic) bond motifs is 4. The maximum absolute atomic E-state index is 12.7. The van der Waals surface area contributed by atoms with Crippen LogP contribution in [0.5, 0.6) is 0 Å². The summed E-state index contributed by atoms with van der Waals surface area (Å²) in [6, 6.07) is 9.56. The van der Waals surface area contributed by atoms with Gasteiger partial charge < -0.3 is 10.7 Å². The third kappa shape index (κ3) is 2.25. The van der Waals surface area contributed by atoms with Crippen molar-refractivity contribution in [2.45, 2.75) is 13.3 Å². The van der Waals surface area contributed by atoms with E-state index in [-0.39, 0.29) is 11.2 Å². The smallest absolute Gasteiger partial charge is 0.272 e. The van der Waals surface area contributed by atoms with E-state index in [0.29, 0.717) is 16.1 Å². The van der Waals surface area contributed by atoms with Crippen molar-refractivity contribution in [3.05, 3.63) is 63.7 Å². The van der Waals surface area contributed by atoms with E-state index in [2.05, 4.69) is 33.2 Å². The Bertz CT molecular complexity index is 1450. The first-order valence-electron chi connectivity index (χ1n) is 8.94. The van der Waals surface area contributed by atoms with Gasteiger partial charge in [0.25, 0.3) is 5.56 Å².